The van der Waals surface area contributed by atoms with Crippen LogP contribution >= 0.6 is 0 Å². The summed E-state index contributed by atoms with van der Waals surface area (Å²) in [5, 5.41) is 32.5. The van der Waals surface area contributed by atoms with E-state index in [-0.39, 0.29) is 61.3 Å². The van der Waals surface area contributed by atoms with Crippen LogP contribution in [0.3, 0.4) is 0 Å². The van der Waals surface area contributed by atoms with E-state index in [1.165, 1.54) is 6.92 Å². The van der Waals surface area contributed by atoms with E-state index < -0.39 is 57.5 Å². The van der Waals surface area contributed by atoms with Gasteiger partial charge in [-0.15, -0.1) is 0 Å². The zero-order valence-electron chi connectivity index (χ0n) is 23.6. The molecule has 0 aliphatic heterocycles. The third kappa shape index (κ3) is 3.58. The number of rotatable bonds is 6. The standard InChI is InChI=1S/C30H42O8/c1-14(10-16(31)11-15(2)26(37)38)17-12-21(34)30(7)22-18(32)13-19-27(3,4)20(33)8-9-28(19,5)23(22)24(35)25(36)29(17,30)6/h14-15,17-19,25,32,36H,8-13H2,1-7H3,(H,37,38)/t14-,15-,17+,18+,19-,25+,28+,29+,30-/m1/s1. The Hall–Kier alpha value is -2.19. The molecule has 4 aliphatic rings. The predicted octanol–water partition coefficient (Wildman–Crippen LogP) is 3.31. The van der Waals surface area contributed by atoms with Gasteiger partial charge in [0.1, 0.15) is 23.5 Å². The van der Waals surface area contributed by atoms with E-state index in [1.54, 1.807) is 13.8 Å². The van der Waals surface area contributed by atoms with Crippen LogP contribution in [0.15, 0.2) is 11.1 Å². The summed E-state index contributed by atoms with van der Waals surface area (Å²) in [6.45, 7) is 12.4. The van der Waals surface area contributed by atoms with E-state index in [9.17, 15) is 39.3 Å². The minimum absolute atomic E-state index is 0.0344. The number of carboxylic acids is 1. The molecule has 0 unspecified atom stereocenters. The SMILES string of the molecule is C[C@H](CC(=O)C[C@@H](C)[C@@H]1CC(=O)[C@]2(C)C3=C(C(=O)[C@H](O)[C@]12C)[C@@]1(C)CCC(=O)C(C)(C)[C@H]1C[C@@H]3O)C(=O)O. The lowest BCUT2D eigenvalue weighted by Gasteiger charge is -2.61. The molecule has 0 radical (unpaired) electrons. The van der Waals surface area contributed by atoms with Crippen molar-refractivity contribution in [2.45, 2.75) is 99.2 Å². The average molecular weight is 531 g/mol. The number of aliphatic hydroxyl groups is 2. The number of fused-ring (bicyclic) bond motifs is 4. The van der Waals surface area contributed by atoms with Crippen molar-refractivity contribution >= 4 is 29.1 Å². The zero-order valence-corrected chi connectivity index (χ0v) is 23.6. The molecule has 4 aliphatic carbocycles. The third-order valence-electron chi connectivity index (χ3n) is 11.5. The maximum atomic E-state index is 14.1. The number of Topliss-reactive ketones (excluding diaryl/α,β-unsaturated/α-hetero) is 4. The lowest BCUT2D eigenvalue weighted by Crippen LogP contribution is -2.64. The number of carbonyl (C=O) groups excluding carboxylic acids is 4. The molecule has 0 bridgehead atoms. The van der Waals surface area contributed by atoms with Gasteiger partial charge >= 0.3 is 5.97 Å². The van der Waals surface area contributed by atoms with Crippen LogP contribution in [-0.4, -0.2) is 56.6 Å². The number of carboxylic acid groups (broad SMARTS) is 1. The summed E-state index contributed by atoms with van der Waals surface area (Å²) in [5.41, 5.74) is -3.37. The van der Waals surface area contributed by atoms with Gasteiger partial charge in [-0.3, -0.25) is 24.0 Å². The smallest absolute Gasteiger partial charge is 0.306 e. The van der Waals surface area contributed by atoms with Crippen LogP contribution in [0.2, 0.25) is 0 Å². The number of aliphatic carboxylic acids is 1. The average Bonchev–Trinajstić information content (AvgIpc) is 3.03. The van der Waals surface area contributed by atoms with Crippen molar-refractivity contribution in [3.63, 3.8) is 0 Å². The first-order chi connectivity index (χ1) is 17.4. The fourth-order valence-electron chi connectivity index (χ4n) is 8.95. The second-order valence-electron chi connectivity index (χ2n) is 13.7. The molecule has 0 saturated heterocycles. The van der Waals surface area contributed by atoms with Crippen LogP contribution in [-0.2, 0) is 24.0 Å². The Balaban J connectivity index is 1.80. The van der Waals surface area contributed by atoms with Gasteiger partial charge < -0.3 is 15.3 Å². The van der Waals surface area contributed by atoms with Crippen LogP contribution < -0.4 is 0 Å². The van der Waals surface area contributed by atoms with Gasteiger partial charge in [-0.25, -0.2) is 0 Å². The molecular weight excluding hydrogens is 488 g/mol. The molecule has 0 aromatic carbocycles. The first kappa shape index (κ1) is 28.8. The van der Waals surface area contributed by atoms with Crippen LogP contribution in [0.25, 0.3) is 0 Å². The van der Waals surface area contributed by atoms with Crippen molar-refractivity contribution in [2.75, 3.05) is 0 Å². The Kier molecular flexibility index (Phi) is 6.76. The number of hydrogen-bond acceptors (Lipinski definition) is 7. The van der Waals surface area contributed by atoms with Crippen molar-refractivity contribution in [3.8, 4) is 0 Å². The van der Waals surface area contributed by atoms with Gasteiger partial charge in [0.05, 0.1) is 17.4 Å². The zero-order chi connectivity index (χ0) is 28.7. The molecule has 2 saturated carbocycles. The number of ketones is 4. The van der Waals surface area contributed by atoms with Crippen molar-refractivity contribution in [1.82, 2.24) is 0 Å². The van der Waals surface area contributed by atoms with Gasteiger partial charge in [0.15, 0.2) is 5.78 Å². The molecule has 3 N–H and O–H groups in total. The number of hydrogen-bond donors (Lipinski definition) is 3. The fraction of sp³-hybridized carbons (Fsp3) is 0.767. The second kappa shape index (κ2) is 8.91. The summed E-state index contributed by atoms with van der Waals surface area (Å²) in [6.07, 6.45) is -1.71. The van der Waals surface area contributed by atoms with Crippen molar-refractivity contribution in [3.05, 3.63) is 11.1 Å². The summed E-state index contributed by atoms with van der Waals surface area (Å²) < 4.78 is 0. The summed E-state index contributed by atoms with van der Waals surface area (Å²) in [5.74, 6) is -3.91. The number of carbonyl (C=O) groups is 5. The summed E-state index contributed by atoms with van der Waals surface area (Å²) >= 11 is 0. The summed E-state index contributed by atoms with van der Waals surface area (Å²) in [4.78, 5) is 64.8. The Labute approximate surface area is 224 Å². The third-order valence-corrected chi connectivity index (χ3v) is 11.5. The van der Waals surface area contributed by atoms with Gasteiger partial charge in [-0.1, -0.05) is 41.5 Å². The molecule has 2 fully saturated rings. The molecule has 4 rings (SSSR count). The van der Waals surface area contributed by atoms with Crippen molar-refractivity contribution < 1.29 is 39.3 Å². The molecule has 0 aromatic heterocycles. The highest BCUT2D eigenvalue weighted by molar-refractivity contribution is 6.08. The first-order valence-corrected chi connectivity index (χ1v) is 13.8. The summed E-state index contributed by atoms with van der Waals surface area (Å²) in [6, 6.07) is 0. The molecular formula is C30H42O8. The van der Waals surface area contributed by atoms with E-state index in [4.69, 9.17) is 0 Å². The van der Waals surface area contributed by atoms with E-state index >= 15 is 0 Å². The van der Waals surface area contributed by atoms with Crippen LogP contribution in [0.1, 0.15) is 87.0 Å². The molecule has 0 spiro atoms. The van der Waals surface area contributed by atoms with Crippen LogP contribution in [0, 0.1) is 45.3 Å². The Morgan fingerprint density at radius 2 is 1.58 bits per heavy atom. The van der Waals surface area contributed by atoms with E-state index in [0.717, 1.165) is 0 Å². The quantitative estimate of drug-likeness (QED) is 0.474. The highest BCUT2D eigenvalue weighted by atomic mass is 16.4. The van der Waals surface area contributed by atoms with Gasteiger partial charge in [-0.2, -0.15) is 0 Å². The van der Waals surface area contributed by atoms with Crippen LogP contribution in [0.5, 0.6) is 0 Å². The second-order valence-corrected chi connectivity index (χ2v) is 13.7. The molecule has 8 nitrogen and oxygen atoms in total. The first-order valence-electron chi connectivity index (χ1n) is 13.8. The molecule has 8 heteroatoms. The van der Waals surface area contributed by atoms with Gasteiger partial charge in [-0.05, 0) is 43.1 Å². The molecule has 0 heterocycles. The van der Waals surface area contributed by atoms with Gasteiger partial charge in [0, 0.05) is 47.5 Å². The molecule has 0 aromatic rings. The molecule has 38 heavy (non-hydrogen) atoms. The minimum atomic E-state index is -1.51. The molecule has 0 amide bonds. The Morgan fingerprint density at radius 1 is 0.974 bits per heavy atom. The minimum Gasteiger partial charge on any atom is -0.481 e. The molecule has 9 atom stereocenters. The predicted molar refractivity (Wildman–Crippen MR) is 138 cm³/mol. The van der Waals surface area contributed by atoms with E-state index in [1.807, 2.05) is 27.7 Å². The maximum Gasteiger partial charge on any atom is 0.306 e. The fourth-order valence-corrected chi connectivity index (χ4v) is 8.95. The van der Waals surface area contributed by atoms with Gasteiger partial charge in [0.25, 0.3) is 0 Å². The summed E-state index contributed by atoms with van der Waals surface area (Å²) in [7, 11) is 0. The number of aliphatic hydroxyl groups excluding tert-OH is 2. The lowest BCUT2D eigenvalue weighted by atomic mass is 9.42. The van der Waals surface area contributed by atoms with E-state index in [2.05, 4.69) is 0 Å². The maximum absolute atomic E-state index is 14.1. The van der Waals surface area contributed by atoms with Crippen molar-refractivity contribution in [2.24, 2.45) is 45.3 Å². The monoisotopic (exact) mass is 530 g/mol. The highest BCUT2D eigenvalue weighted by Crippen LogP contribution is 2.70. The van der Waals surface area contributed by atoms with Gasteiger partial charge in [0.2, 0.25) is 0 Å². The largest absolute Gasteiger partial charge is 0.481 e. The Morgan fingerprint density at radius 3 is 2.16 bits per heavy atom. The van der Waals surface area contributed by atoms with Crippen molar-refractivity contribution in [1.29, 1.82) is 0 Å². The van der Waals surface area contributed by atoms with E-state index in [0.29, 0.717) is 17.6 Å². The normalized spacial score (nSPS) is 41.8. The molecule has 210 valence electrons. The Bertz CT molecular complexity index is 1150. The topological polar surface area (TPSA) is 146 Å². The van der Waals surface area contributed by atoms with Crippen LogP contribution in [0.4, 0.5) is 0 Å². The highest BCUT2D eigenvalue weighted by Gasteiger charge is 2.73. The lowest BCUT2D eigenvalue weighted by molar-refractivity contribution is -0.158.